The molecule has 2 rings (SSSR count). The number of nitrogens with one attached hydrogen (secondary N) is 2. The fraction of sp³-hybridized carbons (Fsp3) is 0.188. The summed E-state index contributed by atoms with van der Waals surface area (Å²) in [6.07, 6.45) is 0. The Labute approximate surface area is 134 Å². The molecule has 5 nitrogen and oxygen atoms in total. The van der Waals surface area contributed by atoms with Crippen LogP contribution < -0.4 is 10.0 Å². The van der Waals surface area contributed by atoms with Gasteiger partial charge in [-0.1, -0.05) is 6.92 Å². The summed E-state index contributed by atoms with van der Waals surface area (Å²) >= 11 is 0. The van der Waals surface area contributed by atoms with E-state index in [1.165, 1.54) is 42.5 Å². The highest BCUT2D eigenvalue weighted by molar-refractivity contribution is 7.89. The maximum Gasteiger partial charge on any atom is 0.255 e. The fourth-order valence-electron chi connectivity index (χ4n) is 2.02. The lowest BCUT2D eigenvalue weighted by Gasteiger charge is -2.09. The number of rotatable bonds is 5. The van der Waals surface area contributed by atoms with Crippen LogP contribution in [0.5, 0.6) is 0 Å². The zero-order valence-electron chi connectivity index (χ0n) is 12.8. The summed E-state index contributed by atoms with van der Waals surface area (Å²) in [5.74, 6) is -0.773. The largest absolute Gasteiger partial charge is 0.322 e. The summed E-state index contributed by atoms with van der Waals surface area (Å²) in [7, 11) is -3.55. The van der Waals surface area contributed by atoms with Gasteiger partial charge < -0.3 is 5.32 Å². The number of hydrogen-bond donors (Lipinski definition) is 2. The van der Waals surface area contributed by atoms with Crippen LogP contribution >= 0.6 is 0 Å². The highest BCUT2D eigenvalue weighted by Gasteiger charge is 2.14. The van der Waals surface area contributed by atoms with Crippen molar-refractivity contribution in [3.63, 3.8) is 0 Å². The summed E-state index contributed by atoms with van der Waals surface area (Å²) in [4.78, 5) is 12.3. The summed E-state index contributed by atoms with van der Waals surface area (Å²) in [6, 6.07) is 9.65. The molecule has 0 aliphatic heterocycles. The molecule has 2 N–H and O–H groups in total. The van der Waals surface area contributed by atoms with Gasteiger partial charge in [-0.25, -0.2) is 17.5 Å². The second-order valence-electron chi connectivity index (χ2n) is 4.94. The number of benzene rings is 2. The second kappa shape index (κ2) is 6.89. The zero-order chi connectivity index (χ0) is 17.0. The van der Waals surface area contributed by atoms with E-state index in [1.54, 1.807) is 13.8 Å². The molecule has 23 heavy (non-hydrogen) atoms. The molecule has 0 aliphatic carbocycles. The van der Waals surface area contributed by atoms with E-state index in [-0.39, 0.29) is 17.3 Å². The quantitative estimate of drug-likeness (QED) is 0.881. The molecule has 2 aromatic carbocycles. The van der Waals surface area contributed by atoms with Crippen LogP contribution in [0.2, 0.25) is 0 Å². The second-order valence-corrected chi connectivity index (χ2v) is 6.71. The Morgan fingerprint density at radius 1 is 1.13 bits per heavy atom. The number of carbonyl (C=O) groups is 1. The minimum Gasteiger partial charge on any atom is -0.322 e. The van der Waals surface area contributed by atoms with Crippen molar-refractivity contribution in [2.24, 2.45) is 0 Å². The van der Waals surface area contributed by atoms with Crippen molar-refractivity contribution in [3.05, 3.63) is 59.4 Å². The molecule has 0 bridgehead atoms. The molecule has 7 heteroatoms. The summed E-state index contributed by atoms with van der Waals surface area (Å²) < 4.78 is 39.1. The topological polar surface area (TPSA) is 75.3 Å². The molecule has 0 spiro atoms. The van der Waals surface area contributed by atoms with Gasteiger partial charge in [0, 0.05) is 17.8 Å². The van der Waals surface area contributed by atoms with Gasteiger partial charge in [-0.15, -0.1) is 0 Å². The van der Waals surface area contributed by atoms with Gasteiger partial charge in [0.15, 0.2) is 0 Å². The van der Waals surface area contributed by atoms with Crippen molar-refractivity contribution in [2.75, 3.05) is 11.9 Å². The molecule has 0 atom stereocenters. The summed E-state index contributed by atoms with van der Waals surface area (Å²) in [5, 5.41) is 2.67. The molecule has 0 unspecified atom stereocenters. The highest BCUT2D eigenvalue weighted by Crippen LogP contribution is 2.17. The normalized spacial score (nSPS) is 11.3. The third-order valence-electron chi connectivity index (χ3n) is 3.20. The van der Waals surface area contributed by atoms with Crippen molar-refractivity contribution in [3.8, 4) is 0 Å². The Morgan fingerprint density at radius 2 is 1.78 bits per heavy atom. The predicted octanol–water partition coefficient (Wildman–Crippen LogP) is 2.68. The predicted molar refractivity (Wildman–Crippen MR) is 86.4 cm³/mol. The Balaban J connectivity index is 2.17. The van der Waals surface area contributed by atoms with Crippen LogP contribution in [0.25, 0.3) is 0 Å². The lowest BCUT2D eigenvalue weighted by Crippen LogP contribution is -2.23. The molecule has 0 aromatic heterocycles. The maximum atomic E-state index is 13.1. The highest BCUT2D eigenvalue weighted by atomic mass is 32.2. The maximum absolute atomic E-state index is 13.1. The van der Waals surface area contributed by atoms with E-state index in [1.807, 2.05) is 0 Å². The van der Waals surface area contributed by atoms with Gasteiger partial charge in [-0.05, 0) is 55.0 Å². The van der Waals surface area contributed by atoms with Crippen LogP contribution in [0.15, 0.2) is 47.4 Å². The van der Waals surface area contributed by atoms with Crippen molar-refractivity contribution in [2.45, 2.75) is 18.7 Å². The van der Waals surface area contributed by atoms with Crippen LogP contribution in [0.4, 0.5) is 10.1 Å². The summed E-state index contributed by atoms with van der Waals surface area (Å²) in [5.41, 5.74) is 1.41. The average molecular weight is 336 g/mol. The van der Waals surface area contributed by atoms with Gasteiger partial charge in [0.25, 0.3) is 5.91 Å². The molecular weight excluding hydrogens is 319 g/mol. The number of hydrogen-bond acceptors (Lipinski definition) is 3. The molecule has 0 aliphatic rings. The third kappa shape index (κ3) is 4.14. The smallest absolute Gasteiger partial charge is 0.255 e. The van der Waals surface area contributed by atoms with Gasteiger partial charge in [0.1, 0.15) is 5.82 Å². The fourth-order valence-corrected chi connectivity index (χ4v) is 3.06. The van der Waals surface area contributed by atoms with Crippen molar-refractivity contribution in [1.29, 1.82) is 0 Å². The molecule has 0 heterocycles. The van der Waals surface area contributed by atoms with Crippen molar-refractivity contribution < 1.29 is 17.6 Å². The van der Waals surface area contributed by atoms with Gasteiger partial charge >= 0.3 is 0 Å². The first kappa shape index (κ1) is 17.1. The number of sulfonamides is 1. The first-order valence-electron chi connectivity index (χ1n) is 7.00. The van der Waals surface area contributed by atoms with E-state index >= 15 is 0 Å². The van der Waals surface area contributed by atoms with Crippen LogP contribution in [-0.2, 0) is 10.0 Å². The van der Waals surface area contributed by atoms with Crippen molar-refractivity contribution >= 4 is 21.6 Å². The van der Waals surface area contributed by atoms with Crippen molar-refractivity contribution in [1.82, 2.24) is 4.72 Å². The molecular formula is C16H17FN2O3S. The minimum atomic E-state index is -3.55. The number of carbonyl (C=O) groups excluding carboxylic acids is 1. The number of anilines is 1. The SMILES string of the molecule is CCNS(=O)(=O)c1ccc(C(=O)Nc2ccc(F)cc2C)cc1. The first-order valence-corrected chi connectivity index (χ1v) is 8.49. The third-order valence-corrected chi connectivity index (χ3v) is 4.76. The van der Waals surface area contributed by atoms with Crippen LogP contribution in [0.3, 0.4) is 0 Å². The van der Waals surface area contributed by atoms with E-state index in [9.17, 15) is 17.6 Å². The molecule has 1 amide bonds. The van der Waals surface area contributed by atoms with E-state index in [0.717, 1.165) is 0 Å². The number of halogens is 1. The lowest BCUT2D eigenvalue weighted by molar-refractivity contribution is 0.102. The first-order chi connectivity index (χ1) is 10.8. The van der Waals surface area contributed by atoms with Gasteiger partial charge in [0.05, 0.1) is 4.90 Å². The minimum absolute atomic E-state index is 0.0915. The zero-order valence-corrected chi connectivity index (χ0v) is 13.6. The Bertz CT molecular complexity index is 818. The van der Waals surface area contributed by atoms with E-state index < -0.39 is 15.9 Å². The van der Waals surface area contributed by atoms with Gasteiger partial charge in [-0.3, -0.25) is 4.79 Å². The number of amides is 1. The van der Waals surface area contributed by atoms with E-state index in [0.29, 0.717) is 16.8 Å². The Morgan fingerprint density at radius 3 is 2.35 bits per heavy atom. The van der Waals surface area contributed by atoms with Gasteiger partial charge in [0.2, 0.25) is 10.0 Å². The Hall–Kier alpha value is -2.25. The average Bonchev–Trinajstić information content (AvgIpc) is 2.50. The van der Waals surface area contributed by atoms with E-state index in [2.05, 4.69) is 10.0 Å². The number of aryl methyl sites for hydroxylation is 1. The van der Waals surface area contributed by atoms with Crippen LogP contribution in [0.1, 0.15) is 22.8 Å². The van der Waals surface area contributed by atoms with Gasteiger partial charge in [-0.2, -0.15) is 0 Å². The Kier molecular flexibility index (Phi) is 5.12. The standard InChI is InChI=1S/C16H17FN2O3S/c1-3-18-23(21,22)14-7-4-12(5-8-14)16(20)19-15-9-6-13(17)10-11(15)2/h4-10,18H,3H2,1-2H3,(H,19,20). The molecule has 0 fully saturated rings. The summed E-state index contributed by atoms with van der Waals surface area (Å²) in [6.45, 7) is 3.66. The molecule has 2 aromatic rings. The molecule has 0 radical (unpaired) electrons. The molecule has 0 saturated carbocycles. The molecule has 122 valence electrons. The van der Waals surface area contributed by atoms with Crippen LogP contribution in [-0.4, -0.2) is 20.9 Å². The monoisotopic (exact) mass is 336 g/mol. The molecule has 0 saturated heterocycles. The van der Waals surface area contributed by atoms with Crippen LogP contribution in [0, 0.1) is 12.7 Å². The lowest BCUT2D eigenvalue weighted by atomic mass is 10.1. The van der Waals surface area contributed by atoms with E-state index in [4.69, 9.17) is 0 Å².